The molecule has 0 unspecified atom stereocenters. The molecule has 4 heteroatoms. The predicted molar refractivity (Wildman–Crippen MR) is 70.9 cm³/mol. The first-order chi connectivity index (χ1) is 7.86. The summed E-state index contributed by atoms with van der Waals surface area (Å²) < 4.78 is 0. The summed E-state index contributed by atoms with van der Waals surface area (Å²) in [6.07, 6.45) is 1.67. The van der Waals surface area contributed by atoms with Crippen LogP contribution in [0.1, 0.15) is 20.7 Å². The van der Waals surface area contributed by atoms with Crippen molar-refractivity contribution in [3.8, 4) is 0 Å². The summed E-state index contributed by atoms with van der Waals surface area (Å²) in [5.41, 5.74) is 1.46. The van der Waals surface area contributed by atoms with E-state index in [-0.39, 0.29) is 11.0 Å². The van der Waals surface area contributed by atoms with Crippen LogP contribution in [0, 0.1) is 0 Å². The lowest BCUT2D eigenvalue weighted by Gasteiger charge is -1.81. The van der Waals surface area contributed by atoms with Crippen molar-refractivity contribution >= 4 is 12.6 Å². The Morgan fingerprint density at radius 1 is 0.556 bits per heavy atom. The maximum Gasteiger partial charge on any atom is 0.150 e. The van der Waals surface area contributed by atoms with Gasteiger partial charge in [0.1, 0.15) is 12.6 Å². The summed E-state index contributed by atoms with van der Waals surface area (Å²) in [4.78, 5) is 20.0. The zero-order chi connectivity index (χ0) is 11.6. The maximum absolute atomic E-state index is 10.0. The van der Waals surface area contributed by atoms with Crippen molar-refractivity contribution in [1.82, 2.24) is 0 Å². The molecule has 0 aliphatic rings. The number of hydrogen-bond acceptors (Lipinski definition) is 2. The van der Waals surface area contributed by atoms with Crippen LogP contribution in [0.2, 0.25) is 0 Å². The molecule has 0 atom stereocenters. The molecule has 0 amide bonds. The van der Waals surface area contributed by atoms with Gasteiger partial charge in [-0.3, -0.25) is 9.59 Å². The van der Waals surface area contributed by atoms with E-state index in [9.17, 15) is 9.59 Å². The van der Waals surface area contributed by atoms with Gasteiger partial charge < -0.3 is 11.0 Å². The molecular formula is C14H16O4. The van der Waals surface area contributed by atoms with Crippen molar-refractivity contribution in [2.75, 3.05) is 0 Å². The molecule has 2 aromatic rings. The van der Waals surface area contributed by atoms with Crippen molar-refractivity contribution in [2.45, 2.75) is 0 Å². The minimum atomic E-state index is 0. The monoisotopic (exact) mass is 248 g/mol. The highest BCUT2D eigenvalue weighted by Gasteiger charge is 1.80. The summed E-state index contributed by atoms with van der Waals surface area (Å²) in [6, 6.07) is 18.2. The molecule has 4 nitrogen and oxygen atoms in total. The molecule has 0 bridgehead atoms. The second-order valence-corrected chi connectivity index (χ2v) is 3.06. The van der Waals surface area contributed by atoms with E-state index in [0.29, 0.717) is 0 Å². The highest BCUT2D eigenvalue weighted by atomic mass is 16.1. The Morgan fingerprint density at radius 3 is 1.00 bits per heavy atom. The van der Waals surface area contributed by atoms with Crippen LogP contribution in [0.5, 0.6) is 0 Å². The van der Waals surface area contributed by atoms with Crippen molar-refractivity contribution in [2.24, 2.45) is 0 Å². The fraction of sp³-hybridized carbons (Fsp3) is 0. The lowest BCUT2D eigenvalue weighted by Crippen LogP contribution is -1.73. The topological polar surface area (TPSA) is 97.1 Å². The van der Waals surface area contributed by atoms with Crippen LogP contribution in [0.25, 0.3) is 0 Å². The number of benzene rings is 2. The van der Waals surface area contributed by atoms with Gasteiger partial charge in [-0.15, -0.1) is 0 Å². The van der Waals surface area contributed by atoms with Gasteiger partial charge in [-0.25, -0.2) is 0 Å². The normalized spacial score (nSPS) is 7.56. The van der Waals surface area contributed by atoms with E-state index < -0.39 is 0 Å². The summed E-state index contributed by atoms with van der Waals surface area (Å²) >= 11 is 0. The minimum Gasteiger partial charge on any atom is -0.412 e. The molecule has 96 valence electrons. The van der Waals surface area contributed by atoms with Crippen LogP contribution < -0.4 is 0 Å². The van der Waals surface area contributed by atoms with Crippen LogP contribution in [-0.2, 0) is 0 Å². The number of carbonyl (C=O) groups is 2. The van der Waals surface area contributed by atoms with Gasteiger partial charge in [0.05, 0.1) is 0 Å². The van der Waals surface area contributed by atoms with Gasteiger partial charge in [0, 0.05) is 11.1 Å². The molecule has 0 aliphatic carbocycles. The van der Waals surface area contributed by atoms with Gasteiger partial charge in [-0.05, 0) is 0 Å². The lowest BCUT2D eigenvalue weighted by molar-refractivity contribution is 0.111. The molecule has 2 aromatic carbocycles. The molecule has 18 heavy (non-hydrogen) atoms. The first-order valence-electron chi connectivity index (χ1n) is 4.87. The summed E-state index contributed by atoms with van der Waals surface area (Å²) in [5.74, 6) is 0. The summed E-state index contributed by atoms with van der Waals surface area (Å²) in [7, 11) is 0. The molecule has 4 N–H and O–H groups in total. The Labute approximate surface area is 106 Å². The molecule has 0 aliphatic heterocycles. The van der Waals surface area contributed by atoms with Crippen LogP contribution in [0.4, 0.5) is 0 Å². The smallest absolute Gasteiger partial charge is 0.150 e. The third-order valence-electron chi connectivity index (χ3n) is 1.87. The number of carbonyl (C=O) groups excluding carboxylic acids is 2. The lowest BCUT2D eigenvalue weighted by atomic mass is 10.2. The highest BCUT2D eigenvalue weighted by molar-refractivity contribution is 5.74. The Hall–Kier alpha value is -2.30. The van der Waals surface area contributed by atoms with Crippen LogP contribution in [0.3, 0.4) is 0 Å². The first-order valence-corrected chi connectivity index (χ1v) is 4.87. The van der Waals surface area contributed by atoms with Crippen LogP contribution in [-0.4, -0.2) is 23.5 Å². The molecule has 2 rings (SSSR count). The average molecular weight is 248 g/mol. The molecule has 0 saturated carbocycles. The van der Waals surface area contributed by atoms with Crippen molar-refractivity contribution in [1.29, 1.82) is 0 Å². The third-order valence-corrected chi connectivity index (χ3v) is 1.87. The van der Waals surface area contributed by atoms with Crippen LogP contribution >= 0.6 is 0 Å². The van der Waals surface area contributed by atoms with E-state index >= 15 is 0 Å². The van der Waals surface area contributed by atoms with Gasteiger partial charge >= 0.3 is 0 Å². The Morgan fingerprint density at radius 2 is 0.833 bits per heavy atom. The van der Waals surface area contributed by atoms with Gasteiger partial charge in [-0.2, -0.15) is 0 Å². The zero-order valence-corrected chi connectivity index (χ0v) is 9.74. The van der Waals surface area contributed by atoms with E-state index in [4.69, 9.17) is 0 Å². The van der Waals surface area contributed by atoms with Gasteiger partial charge in [0.2, 0.25) is 0 Å². The highest BCUT2D eigenvalue weighted by Crippen LogP contribution is 1.92. The average Bonchev–Trinajstić information content (AvgIpc) is 2.41. The standard InChI is InChI=1S/2C7H6O.2H2O/c2*8-6-7-4-2-1-3-5-7;;/h2*1-6H;2*1H2. The maximum atomic E-state index is 10.0. The summed E-state index contributed by atoms with van der Waals surface area (Å²) in [6.45, 7) is 0. The van der Waals surface area contributed by atoms with Crippen molar-refractivity contribution in [3.05, 3.63) is 71.8 Å². The predicted octanol–water partition coefficient (Wildman–Crippen LogP) is 1.35. The Bertz CT molecular complexity index is 383. The van der Waals surface area contributed by atoms with E-state index in [1.165, 1.54) is 0 Å². The van der Waals surface area contributed by atoms with Gasteiger partial charge in [0.25, 0.3) is 0 Å². The largest absolute Gasteiger partial charge is 0.412 e. The third kappa shape index (κ3) is 7.05. The number of hydrogen-bond donors (Lipinski definition) is 0. The fourth-order valence-electron chi connectivity index (χ4n) is 1.06. The molecule has 0 spiro atoms. The Kier molecular flexibility index (Phi) is 11.2. The van der Waals surface area contributed by atoms with Crippen molar-refractivity contribution < 1.29 is 20.5 Å². The van der Waals surface area contributed by atoms with Gasteiger partial charge in [0.15, 0.2) is 0 Å². The molecule has 0 aromatic heterocycles. The molecule has 0 radical (unpaired) electrons. The quantitative estimate of drug-likeness (QED) is 0.749. The van der Waals surface area contributed by atoms with Gasteiger partial charge in [-0.1, -0.05) is 60.7 Å². The molecule has 0 fully saturated rings. The molecular weight excluding hydrogens is 232 g/mol. The Balaban J connectivity index is 0. The zero-order valence-electron chi connectivity index (χ0n) is 9.74. The fourth-order valence-corrected chi connectivity index (χ4v) is 1.06. The van der Waals surface area contributed by atoms with E-state index in [1.54, 1.807) is 24.3 Å². The minimum absolute atomic E-state index is 0. The first kappa shape index (κ1) is 18.1. The molecule has 0 saturated heterocycles. The van der Waals surface area contributed by atoms with E-state index in [0.717, 1.165) is 23.7 Å². The van der Waals surface area contributed by atoms with E-state index in [2.05, 4.69) is 0 Å². The number of rotatable bonds is 2. The SMILES string of the molecule is O.O.O=Cc1ccccc1.O=Cc1ccccc1. The second-order valence-electron chi connectivity index (χ2n) is 3.06. The van der Waals surface area contributed by atoms with E-state index in [1.807, 2.05) is 36.4 Å². The summed E-state index contributed by atoms with van der Waals surface area (Å²) in [5, 5.41) is 0. The molecule has 0 heterocycles. The van der Waals surface area contributed by atoms with Crippen LogP contribution in [0.15, 0.2) is 60.7 Å². The van der Waals surface area contributed by atoms with Crippen molar-refractivity contribution in [3.63, 3.8) is 0 Å². The second kappa shape index (κ2) is 11.2. The number of aldehydes is 2.